The number of rotatable bonds is 6. The summed E-state index contributed by atoms with van der Waals surface area (Å²) in [4.78, 5) is 8.59. The second kappa shape index (κ2) is 11.1. The molecular weight excluding hydrogens is 424 g/mol. The van der Waals surface area contributed by atoms with E-state index in [1.54, 1.807) is 0 Å². The minimum absolute atomic E-state index is 0.0810. The molecule has 0 unspecified atom stereocenters. The van der Waals surface area contributed by atoms with Gasteiger partial charge in [0.25, 0.3) is 0 Å². The molecule has 168 valence electrons. The summed E-state index contributed by atoms with van der Waals surface area (Å²) in [6.45, 7) is 7.86. The monoisotopic (exact) mass is 452 g/mol. The maximum atomic E-state index is 9.04. The van der Waals surface area contributed by atoms with Gasteiger partial charge < -0.3 is 13.9 Å². The fraction of sp³-hybridized carbons (Fsp3) is 0.308. The summed E-state index contributed by atoms with van der Waals surface area (Å²) in [6, 6.07) is 16.4. The number of aliphatic hydroxyl groups is 1. The van der Waals surface area contributed by atoms with E-state index in [4.69, 9.17) is 25.5 Å². The second-order valence-corrected chi connectivity index (χ2v) is 7.70. The fourth-order valence-electron chi connectivity index (χ4n) is 3.14. The minimum atomic E-state index is -0.0810. The molecule has 2 heterocycles. The molecule has 0 saturated carbocycles. The van der Waals surface area contributed by atoms with Crippen LogP contribution in [0.5, 0.6) is 0 Å². The highest BCUT2D eigenvalue weighted by Crippen LogP contribution is 2.23. The van der Waals surface area contributed by atoms with Crippen LogP contribution in [0.3, 0.4) is 0 Å². The Bertz CT molecular complexity index is 1040. The summed E-state index contributed by atoms with van der Waals surface area (Å²) in [5.74, 6) is 3.09. The van der Waals surface area contributed by atoms with Crippen molar-refractivity contribution in [2.75, 3.05) is 0 Å². The van der Waals surface area contributed by atoms with Gasteiger partial charge in [-0.05, 0) is 62.1 Å². The maximum Gasteiger partial charge on any atom is 0.226 e. The number of hydrogen-bond donors (Lipinski definition) is 1. The molecule has 0 amide bonds. The zero-order chi connectivity index (χ0) is 23.1. The SMILES string of the molecule is CCc1ccc(-c2nc(CCl)c(C)o2)cc1.CCc1ccc(-c2nc(CO)c(C)o2)cc1. The van der Waals surface area contributed by atoms with Gasteiger partial charge >= 0.3 is 0 Å². The van der Waals surface area contributed by atoms with Crippen molar-refractivity contribution in [2.24, 2.45) is 0 Å². The standard InChI is InChI=1S/C13H14ClNO.C13H15NO2/c1-3-10-4-6-11(7-5-10)13-15-12(8-14)9(2)16-13;1-3-10-4-6-11(7-5-10)13-14-12(8-15)9(2)16-13/h4-7H,3,8H2,1-2H3;4-7,15H,3,8H2,1-2H3. The van der Waals surface area contributed by atoms with Crippen LogP contribution >= 0.6 is 11.6 Å². The van der Waals surface area contributed by atoms with E-state index in [0.717, 1.165) is 35.4 Å². The molecule has 2 aromatic carbocycles. The number of aromatic nitrogens is 2. The van der Waals surface area contributed by atoms with Gasteiger partial charge in [-0.15, -0.1) is 11.6 Å². The number of hydrogen-bond acceptors (Lipinski definition) is 5. The van der Waals surface area contributed by atoms with Gasteiger partial charge in [0.15, 0.2) is 0 Å². The number of aliphatic hydroxyl groups excluding tert-OH is 1. The van der Waals surface area contributed by atoms with E-state index in [1.165, 1.54) is 11.1 Å². The lowest BCUT2D eigenvalue weighted by atomic mass is 10.1. The van der Waals surface area contributed by atoms with Gasteiger partial charge in [-0.2, -0.15) is 0 Å². The second-order valence-electron chi connectivity index (χ2n) is 7.44. The van der Waals surface area contributed by atoms with Crippen molar-refractivity contribution in [3.8, 4) is 22.9 Å². The third-order valence-corrected chi connectivity index (χ3v) is 5.53. The fourth-order valence-corrected chi connectivity index (χ4v) is 3.39. The normalized spacial score (nSPS) is 10.7. The molecule has 6 heteroatoms. The molecule has 5 nitrogen and oxygen atoms in total. The van der Waals surface area contributed by atoms with E-state index >= 15 is 0 Å². The van der Waals surface area contributed by atoms with Gasteiger partial charge in [-0.1, -0.05) is 38.1 Å². The Labute approximate surface area is 194 Å². The number of alkyl halides is 1. The molecule has 0 aliphatic rings. The first kappa shape index (κ1) is 23.8. The molecule has 0 radical (unpaired) electrons. The molecule has 0 atom stereocenters. The Hall–Kier alpha value is -2.89. The lowest BCUT2D eigenvalue weighted by molar-refractivity contribution is 0.275. The zero-order valence-electron chi connectivity index (χ0n) is 19.0. The van der Waals surface area contributed by atoms with Crippen LogP contribution in [0.15, 0.2) is 57.4 Å². The number of oxazole rings is 2. The van der Waals surface area contributed by atoms with E-state index < -0.39 is 0 Å². The molecule has 0 spiro atoms. The average Bonchev–Trinajstić information content (AvgIpc) is 3.41. The van der Waals surface area contributed by atoms with Gasteiger partial charge in [0.2, 0.25) is 11.8 Å². The van der Waals surface area contributed by atoms with Crippen LogP contribution in [-0.2, 0) is 25.3 Å². The molecule has 4 rings (SSSR count). The van der Waals surface area contributed by atoms with Gasteiger partial charge in [-0.25, -0.2) is 9.97 Å². The topological polar surface area (TPSA) is 72.3 Å². The van der Waals surface area contributed by atoms with E-state index in [0.29, 0.717) is 29.1 Å². The van der Waals surface area contributed by atoms with Crippen molar-refractivity contribution in [3.63, 3.8) is 0 Å². The quantitative estimate of drug-likeness (QED) is 0.331. The Balaban J connectivity index is 0.000000181. The summed E-state index contributed by atoms with van der Waals surface area (Å²) in [6.07, 6.45) is 2.06. The van der Waals surface area contributed by atoms with E-state index in [1.807, 2.05) is 38.1 Å². The van der Waals surface area contributed by atoms with Crippen LogP contribution in [0.1, 0.15) is 47.9 Å². The molecule has 1 N–H and O–H groups in total. The zero-order valence-corrected chi connectivity index (χ0v) is 19.7. The van der Waals surface area contributed by atoms with Crippen LogP contribution in [0.2, 0.25) is 0 Å². The van der Waals surface area contributed by atoms with Gasteiger partial charge in [0.1, 0.15) is 17.2 Å². The Morgan fingerprint density at radius 1 is 0.719 bits per heavy atom. The number of halogens is 1. The minimum Gasteiger partial charge on any atom is -0.441 e. The van der Waals surface area contributed by atoms with Crippen molar-refractivity contribution in [3.05, 3.63) is 82.6 Å². The van der Waals surface area contributed by atoms with E-state index in [9.17, 15) is 0 Å². The molecule has 0 aliphatic heterocycles. The summed E-state index contributed by atoms with van der Waals surface area (Å²) in [5.41, 5.74) is 5.96. The van der Waals surface area contributed by atoms with Crippen molar-refractivity contribution in [2.45, 2.75) is 53.0 Å². The lowest BCUT2D eigenvalue weighted by Crippen LogP contribution is -1.85. The van der Waals surface area contributed by atoms with Crippen molar-refractivity contribution in [1.82, 2.24) is 9.97 Å². The number of benzene rings is 2. The first-order valence-electron chi connectivity index (χ1n) is 10.8. The average molecular weight is 453 g/mol. The van der Waals surface area contributed by atoms with E-state index in [2.05, 4.69) is 48.1 Å². The molecule has 0 saturated heterocycles. The van der Waals surface area contributed by atoms with Crippen molar-refractivity contribution >= 4 is 11.6 Å². The smallest absolute Gasteiger partial charge is 0.226 e. The first-order valence-corrected chi connectivity index (χ1v) is 11.3. The molecular formula is C26H29ClN2O3. The predicted octanol–water partition coefficient (Wildman–Crippen LogP) is 6.66. The van der Waals surface area contributed by atoms with Crippen LogP contribution in [0.25, 0.3) is 22.9 Å². The van der Waals surface area contributed by atoms with Gasteiger partial charge in [0.05, 0.1) is 18.2 Å². The highest BCUT2D eigenvalue weighted by Gasteiger charge is 2.11. The highest BCUT2D eigenvalue weighted by atomic mass is 35.5. The van der Waals surface area contributed by atoms with Crippen molar-refractivity contribution in [1.29, 1.82) is 0 Å². The molecule has 4 aromatic rings. The molecule has 0 fully saturated rings. The largest absolute Gasteiger partial charge is 0.441 e. The van der Waals surface area contributed by atoms with Crippen LogP contribution in [-0.4, -0.2) is 15.1 Å². The van der Waals surface area contributed by atoms with Gasteiger partial charge in [0, 0.05) is 11.1 Å². The van der Waals surface area contributed by atoms with Crippen LogP contribution in [0, 0.1) is 13.8 Å². The predicted molar refractivity (Wildman–Crippen MR) is 128 cm³/mol. The maximum absolute atomic E-state index is 9.04. The van der Waals surface area contributed by atoms with Crippen LogP contribution in [0.4, 0.5) is 0 Å². The Kier molecular flexibility index (Phi) is 8.26. The molecule has 0 aliphatic carbocycles. The molecule has 2 aromatic heterocycles. The summed E-state index contributed by atoms with van der Waals surface area (Å²) >= 11 is 5.76. The first-order chi connectivity index (χ1) is 15.5. The highest BCUT2D eigenvalue weighted by molar-refractivity contribution is 6.17. The third-order valence-electron chi connectivity index (χ3n) is 5.28. The summed E-state index contributed by atoms with van der Waals surface area (Å²) in [7, 11) is 0. The Morgan fingerprint density at radius 2 is 1.12 bits per heavy atom. The summed E-state index contributed by atoms with van der Waals surface area (Å²) in [5, 5.41) is 9.04. The Morgan fingerprint density at radius 3 is 1.44 bits per heavy atom. The number of nitrogens with zero attached hydrogens (tertiary/aromatic N) is 2. The van der Waals surface area contributed by atoms with E-state index in [-0.39, 0.29) is 6.61 Å². The van der Waals surface area contributed by atoms with Crippen molar-refractivity contribution < 1.29 is 13.9 Å². The van der Waals surface area contributed by atoms with Gasteiger partial charge in [-0.3, -0.25) is 0 Å². The molecule has 32 heavy (non-hydrogen) atoms. The van der Waals surface area contributed by atoms with Crippen LogP contribution < -0.4 is 0 Å². The lowest BCUT2D eigenvalue weighted by Gasteiger charge is -1.97. The number of aryl methyl sites for hydroxylation is 4. The third kappa shape index (κ3) is 5.67. The summed E-state index contributed by atoms with van der Waals surface area (Å²) < 4.78 is 11.1. The molecule has 0 bridgehead atoms.